The summed E-state index contributed by atoms with van der Waals surface area (Å²) in [7, 11) is 1.26. The van der Waals surface area contributed by atoms with Gasteiger partial charge in [-0.25, -0.2) is 14.0 Å². The number of carbonyl (C=O) groups is 5. The van der Waals surface area contributed by atoms with Gasteiger partial charge >= 0.3 is 18.1 Å². The summed E-state index contributed by atoms with van der Waals surface area (Å²) in [5.74, 6) is -5.26. The molecule has 0 amide bonds. The number of esters is 2. The van der Waals surface area contributed by atoms with Crippen molar-refractivity contribution in [2.24, 2.45) is 22.7 Å². The molecule has 0 bridgehead atoms. The minimum absolute atomic E-state index is 0.000123. The molecule has 2 N–H and O–H groups in total. The lowest BCUT2D eigenvalue weighted by molar-refractivity contribution is -0.757. The lowest BCUT2D eigenvalue weighted by atomic mass is 9.44. The Balaban J connectivity index is 1.31. The minimum atomic E-state index is -2.50. The van der Waals surface area contributed by atoms with Crippen molar-refractivity contribution in [3.8, 4) is 11.5 Å². The number of carbonyl (C=O) groups excluding carboxylic acids is 5. The average Bonchev–Trinajstić information content (AvgIpc) is 3.42. The molecule has 0 heterocycles. The first kappa shape index (κ1) is 46.1. The summed E-state index contributed by atoms with van der Waals surface area (Å²) < 4.78 is 44.4. The van der Waals surface area contributed by atoms with Gasteiger partial charge in [0, 0.05) is 29.2 Å². The summed E-state index contributed by atoms with van der Waals surface area (Å²) in [6, 6.07) is 4.15. The number of hydrogen-bond acceptors (Lipinski definition) is 18. The number of aliphatic hydroxyl groups is 2. The van der Waals surface area contributed by atoms with Crippen LogP contribution in [0.15, 0.2) is 48.1 Å². The molecule has 0 saturated heterocycles. The van der Waals surface area contributed by atoms with Gasteiger partial charge < -0.3 is 43.6 Å². The van der Waals surface area contributed by atoms with E-state index in [1.807, 2.05) is 0 Å². The van der Waals surface area contributed by atoms with Crippen molar-refractivity contribution >= 4 is 35.7 Å². The van der Waals surface area contributed by atoms with Gasteiger partial charge in [0.05, 0.1) is 33.0 Å². The zero-order chi connectivity index (χ0) is 44.8. The molecule has 20 nitrogen and oxygen atoms in total. The lowest BCUT2D eigenvalue weighted by Gasteiger charge is -2.62. The van der Waals surface area contributed by atoms with Gasteiger partial charge in [-0.2, -0.15) is 0 Å². The van der Waals surface area contributed by atoms with Crippen LogP contribution in [0, 0.1) is 42.9 Å². The maximum atomic E-state index is 17.8. The molecule has 0 radical (unpaired) electrons. The molecule has 4 aliphatic rings. The van der Waals surface area contributed by atoms with Crippen molar-refractivity contribution in [2.75, 3.05) is 33.5 Å². The predicted octanol–water partition coefficient (Wildman–Crippen LogP) is 3.94. The fourth-order valence-electron chi connectivity index (χ4n) is 9.49. The Bertz CT molecular complexity index is 2000. The number of Topliss-reactive ketones (excluding diaryl/α,β-unsaturated/α-hetero) is 1. The fourth-order valence-corrected chi connectivity index (χ4v) is 9.49. The number of methoxy groups -OCH3 is 1. The number of aliphatic hydroxyl groups excluding tert-OH is 2. The number of alkyl halides is 1. The van der Waals surface area contributed by atoms with Crippen LogP contribution in [0.3, 0.4) is 0 Å². The summed E-state index contributed by atoms with van der Waals surface area (Å²) >= 11 is 0. The largest absolute Gasteiger partial charge is 0.514 e. The maximum absolute atomic E-state index is 17.8. The molecule has 0 aromatic heterocycles. The van der Waals surface area contributed by atoms with Gasteiger partial charge in [-0.3, -0.25) is 14.4 Å². The standard InChI is InChI=1S/C40H47FN2O18/c1-37-15-14-26(44)20-25(37)10-11-27-28-21-31(45)40(38(28,2)22-32(46)39(27,37)41,61-35(49)7-6-18-59-43(53)54)33(47)23-57-36(50)60-29-12-8-24(19-30(29)55-3)9-13-34(48)56-16-4-5-17-58-42(51)52/h8-9,12-15,19-20,27-28,31-32,45-46H,4-7,10-11,16-18,21-23H2,1-3H3/b13-9+/t27?,28?,31-,32+,37+,38+,39+,40+/m1/s1. The highest BCUT2D eigenvalue weighted by atomic mass is 19.1. The molecular formula is C40H47FN2O18. The highest BCUT2D eigenvalue weighted by Gasteiger charge is 2.78. The van der Waals surface area contributed by atoms with Gasteiger partial charge in [-0.15, -0.1) is 20.2 Å². The van der Waals surface area contributed by atoms with Crippen LogP contribution in [-0.2, 0) is 43.1 Å². The summed E-state index contributed by atoms with van der Waals surface area (Å²) in [5.41, 5.74) is -7.02. The van der Waals surface area contributed by atoms with Crippen LogP contribution >= 0.6 is 0 Å². The van der Waals surface area contributed by atoms with Crippen molar-refractivity contribution in [1.82, 2.24) is 0 Å². The zero-order valence-corrected chi connectivity index (χ0v) is 33.6. The van der Waals surface area contributed by atoms with Gasteiger partial charge in [-0.05, 0) is 93.7 Å². The maximum Gasteiger partial charge on any atom is 0.514 e. The van der Waals surface area contributed by atoms with E-state index in [9.17, 15) is 54.4 Å². The average molecular weight is 863 g/mol. The number of ether oxygens (including phenoxy) is 5. The first-order chi connectivity index (χ1) is 28.8. The van der Waals surface area contributed by atoms with E-state index in [4.69, 9.17) is 23.7 Å². The molecule has 8 atom stereocenters. The molecule has 4 aliphatic carbocycles. The van der Waals surface area contributed by atoms with Gasteiger partial charge in [0.25, 0.3) is 10.2 Å². The monoisotopic (exact) mass is 862 g/mol. The topological polar surface area (TPSA) is 277 Å². The smallest absolute Gasteiger partial charge is 0.493 e. The molecule has 2 unspecified atom stereocenters. The van der Waals surface area contributed by atoms with E-state index in [0.29, 0.717) is 24.0 Å². The molecule has 0 aliphatic heterocycles. The Kier molecular flexibility index (Phi) is 14.2. The first-order valence-corrected chi connectivity index (χ1v) is 19.5. The fraction of sp³-hybridized carbons (Fsp3) is 0.575. The van der Waals surface area contributed by atoms with Gasteiger partial charge in [0.2, 0.25) is 11.4 Å². The molecule has 61 heavy (non-hydrogen) atoms. The number of rotatable bonds is 19. The molecule has 332 valence electrons. The third-order valence-corrected chi connectivity index (χ3v) is 12.3. The van der Waals surface area contributed by atoms with E-state index in [2.05, 4.69) is 9.68 Å². The van der Waals surface area contributed by atoms with Crippen LogP contribution < -0.4 is 9.47 Å². The Morgan fingerprint density at radius 3 is 2.33 bits per heavy atom. The quantitative estimate of drug-likeness (QED) is 0.0379. The Morgan fingerprint density at radius 1 is 0.951 bits per heavy atom. The highest BCUT2D eigenvalue weighted by molar-refractivity contribution is 6.01. The first-order valence-electron chi connectivity index (χ1n) is 19.5. The molecule has 1 aromatic rings. The molecule has 3 saturated carbocycles. The van der Waals surface area contributed by atoms with E-state index in [-0.39, 0.29) is 56.2 Å². The van der Waals surface area contributed by atoms with Crippen LogP contribution in [0.5, 0.6) is 11.5 Å². The highest BCUT2D eigenvalue weighted by Crippen LogP contribution is 2.70. The molecule has 5 rings (SSSR count). The van der Waals surface area contributed by atoms with Gasteiger partial charge in [-0.1, -0.05) is 24.6 Å². The number of allylic oxidation sites excluding steroid dienone is 4. The normalized spacial score (nSPS) is 29.9. The predicted molar refractivity (Wildman–Crippen MR) is 203 cm³/mol. The lowest BCUT2D eigenvalue weighted by Crippen LogP contribution is -2.70. The SMILES string of the molecule is COc1cc(/C=C/C(=O)OCCCCO[N+](=O)[O-])ccc1OC(=O)OCC(=O)[C@@]1(OC(=O)CCCO[N+](=O)[O-])[C@H](O)CC2C3CCC4=CC(=O)C=C[C@]4(C)[C@@]3(F)[C@@H](O)C[C@@]21C. The Hall–Kier alpha value is -5.96. The van der Waals surface area contributed by atoms with Crippen LogP contribution in [0.2, 0.25) is 0 Å². The molecule has 3 fully saturated rings. The summed E-state index contributed by atoms with van der Waals surface area (Å²) in [6.07, 6.45) is 1.04. The van der Waals surface area contributed by atoms with Crippen molar-refractivity contribution in [2.45, 2.75) is 88.7 Å². The number of nitrogens with zero attached hydrogens (tertiary/aromatic N) is 2. The number of ketones is 2. The molecule has 0 spiro atoms. The summed E-state index contributed by atoms with van der Waals surface area (Å²) in [6.45, 7) is 1.32. The molecular weight excluding hydrogens is 815 g/mol. The number of hydrogen-bond donors (Lipinski definition) is 2. The zero-order valence-electron chi connectivity index (χ0n) is 33.6. The molecule has 21 heteroatoms. The van der Waals surface area contributed by atoms with E-state index < -0.39 is 106 Å². The summed E-state index contributed by atoms with van der Waals surface area (Å²) in [5, 5.41) is 42.5. The molecule has 1 aromatic carbocycles. The van der Waals surface area contributed by atoms with Crippen molar-refractivity contribution in [3.05, 3.63) is 73.9 Å². The van der Waals surface area contributed by atoms with Gasteiger partial charge in [0.15, 0.2) is 29.6 Å². The van der Waals surface area contributed by atoms with Crippen molar-refractivity contribution < 1.29 is 82.1 Å². The van der Waals surface area contributed by atoms with E-state index >= 15 is 4.39 Å². The van der Waals surface area contributed by atoms with Gasteiger partial charge in [0.1, 0.15) is 6.10 Å². The van der Waals surface area contributed by atoms with Crippen molar-refractivity contribution in [1.29, 1.82) is 0 Å². The van der Waals surface area contributed by atoms with E-state index in [1.54, 1.807) is 6.92 Å². The minimum Gasteiger partial charge on any atom is -0.493 e. The second kappa shape index (κ2) is 18.8. The third-order valence-electron chi connectivity index (χ3n) is 12.3. The van der Waals surface area contributed by atoms with Crippen LogP contribution in [0.1, 0.15) is 70.8 Å². The second-order valence-electron chi connectivity index (χ2n) is 15.6. The summed E-state index contributed by atoms with van der Waals surface area (Å²) in [4.78, 5) is 94.5. The number of fused-ring (bicyclic) bond motifs is 5. The van der Waals surface area contributed by atoms with E-state index in [0.717, 1.165) is 6.08 Å². The third kappa shape index (κ3) is 9.21. The van der Waals surface area contributed by atoms with Crippen LogP contribution in [0.25, 0.3) is 6.08 Å². The van der Waals surface area contributed by atoms with Crippen LogP contribution in [-0.4, -0.2) is 107 Å². The number of benzene rings is 1. The number of unbranched alkanes of at least 4 members (excludes halogenated alkanes) is 1. The Labute approximate surface area is 347 Å². The number of halogens is 1. The van der Waals surface area contributed by atoms with Crippen molar-refractivity contribution in [3.63, 3.8) is 0 Å². The Morgan fingerprint density at radius 2 is 1.64 bits per heavy atom. The second-order valence-corrected chi connectivity index (χ2v) is 15.6. The van der Waals surface area contributed by atoms with E-state index in [1.165, 1.54) is 56.5 Å². The van der Waals surface area contributed by atoms with Crippen LogP contribution in [0.4, 0.5) is 9.18 Å².